The molecule has 0 saturated carbocycles. The van der Waals surface area contributed by atoms with Crippen molar-refractivity contribution in [2.75, 3.05) is 30.8 Å². The lowest BCUT2D eigenvalue weighted by atomic mass is 10.1. The van der Waals surface area contributed by atoms with Gasteiger partial charge in [0.2, 0.25) is 21.8 Å². The van der Waals surface area contributed by atoms with Crippen molar-refractivity contribution in [1.82, 2.24) is 10.2 Å². The molecule has 1 N–H and O–H groups in total. The normalized spacial score (nSPS) is 12.2. The van der Waals surface area contributed by atoms with Crippen molar-refractivity contribution in [3.8, 4) is 5.75 Å². The Balaban J connectivity index is 2.21. The van der Waals surface area contributed by atoms with E-state index in [2.05, 4.69) is 5.32 Å². The largest absolute Gasteiger partial charge is 0.497 e. The van der Waals surface area contributed by atoms with Crippen molar-refractivity contribution in [2.24, 2.45) is 5.92 Å². The van der Waals surface area contributed by atoms with Gasteiger partial charge in [0.25, 0.3) is 0 Å². The number of rotatable bonds is 13. The molecule has 0 radical (unpaired) electrons. The summed E-state index contributed by atoms with van der Waals surface area (Å²) in [6.07, 6.45) is 1.59. The number of nitrogens with zero attached hydrogens (tertiary/aromatic N) is 2. The van der Waals surface area contributed by atoms with Gasteiger partial charge < -0.3 is 15.0 Å². The van der Waals surface area contributed by atoms with Gasteiger partial charge in [-0.25, -0.2) is 8.42 Å². The highest BCUT2D eigenvalue weighted by Gasteiger charge is 2.27. The van der Waals surface area contributed by atoms with E-state index in [9.17, 15) is 18.0 Å². The molecule has 2 aromatic carbocycles. The SMILES string of the molecule is COc1cccc(CN(C(=O)CCCN(c2cc(C)ccc2C)S(C)(=O)=O)C(C)C(=O)NCC(C)C)c1. The van der Waals surface area contributed by atoms with E-state index in [4.69, 9.17) is 4.74 Å². The molecule has 37 heavy (non-hydrogen) atoms. The Morgan fingerprint density at radius 1 is 1.05 bits per heavy atom. The highest BCUT2D eigenvalue weighted by atomic mass is 32.2. The lowest BCUT2D eigenvalue weighted by Gasteiger charge is -2.30. The Morgan fingerprint density at radius 2 is 1.76 bits per heavy atom. The summed E-state index contributed by atoms with van der Waals surface area (Å²) in [5.74, 6) is 0.507. The molecular weight excluding hydrogens is 490 g/mol. The molecule has 0 fully saturated rings. The fourth-order valence-electron chi connectivity index (χ4n) is 3.97. The summed E-state index contributed by atoms with van der Waals surface area (Å²) in [5, 5.41) is 2.91. The maximum atomic E-state index is 13.4. The topological polar surface area (TPSA) is 96.0 Å². The second kappa shape index (κ2) is 13.5. The number of carbonyl (C=O) groups excluding carboxylic acids is 2. The second-order valence-electron chi connectivity index (χ2n) is 9.92. The Kier molecular flexibility index (Phi) is 11.0. The van der Waals surface area contributed by atoms with Crippen LogP contribution in [0.25, 0.3) is 0 Å². The summed E-state index contributed by atoms with van der Waals surface area (Å²) < 4.78 is 31.9. The van der Waals surface area contributed by atoms with Gasteiger partial charge >= 0.3 is 0 Å². The molecule has 0 bridgehead atoms. The van der Waals surface area contributed by atoms with Crippen molar-refractivity contribution in [2.45, 2.75) is 60.0 Å². The molecule has 2 aromatic rings. The smallest absolute Gasteiger partial charge is 0.242 e. The molecule has 1 unspecified atom stereocenters. The summed E-state index contributed by atoms with van der Waals surface area (Å²) in [6, 6.07) is 12.4. The zero-order chi connectivity index (χ0) is 27.8. The number of methoxy groups -OCH3 is 1. The first-order valence-electron chi connectivity index (χ1n) is 12.6. The van der Waals surface area contributed by atoms with E-state index in [1.54, 1.807) is 18.9 Å². The molecule has 0 aliphatic rings. The minimum absolute atomic E-state index is 0.0999. The highest BCUT2D eigenvalue weighted by Crippen LogP contribution is 2.25. The van der Waals surface area contributed by atoms with Gasteiger partial charge in [-0.1, -0.05) is 38.1 Å². The van der Waals surface area contributed by atoms with Crippen molar-refractivity contribution in [1.29, 1.82) is 0 Å². The molecule has 0 aliphatic carbocycles. The number of carbonyl (C=O) groups is 2. The van der Waals surface area contributed by atoms with Crippen LogP contribution in [0.5, 0.6) is 5.75 Å². The minimum Gasteiger partial charge on any atom is -0.497 e. The fourth-order valence-corrected chi connectivity index (χ4v) is 4.99. The van der Waals surface area contributed by atoms with Gasteiger partial charge in [0, 0.05) is 26.1 Å². The Morgan fingerprint density at radius 3 is 2.38 bits per heavy atom. The third kappa shape index (κ3) is 9.07. The predicted molar refractivity (Wildman–Crippen MR) is 148 cm³/mol. The molecule has 0 spiro atoms. The number of nitrogens with one attached hydrogen (secondary N) is 1. The Labute approximate surface area is 222 Å². The van der Waals surface area contributed by atoms with E-state index in [-0.39, 0.29) is 37.2 Å². The summed E-state index contributed by atoms with van der Waals surface area (Å²) in [5.41, 5.74) is 3.25. The third-order valence-electron chi connectivity index (χ3n) is 6.12. The van der Waals surface area contributed by atoms with Gasteiger partial charge in [-0.15, -0.1) is 0 Å². The van der Waals surface area contributed by atoms with E-state index >= 15 is 0 Å². The fraction of sp³-hybridized carbons (Fsp3) is 0.500. The van der Waals surface area contributed by atoms with Crippen LogP contribution in [0.3, 0.4) is 0 Å². The number of anilines is 1. The molecular formula is C28H41N3O5S. The van der Waals surface area contributed by atoms with E-state index in [1.807, 2.05) is 70.2 Å². The summed E-state index contributed by atoms with van der Waals surface area (Å²) in [6.45, 7) is 10.4. The van der Waals surface area contributed by atoms with Gasteiger partial charge in [0.15, 0.2) is 0 Å². The number of aryl methyl sites for hydroxylation is 2. The average molecular weight is 532 g/mol. The molecule has 0 aliphatic heterocycles. The van der Waals surface area contributed by atoms with Crippen molar-refractivity contribution in [3.63, 3.8) is 0 Å². The van der Waals surface area contributed by atoms with E-state index in [1.165, 1.54) is 10.6 Å². The lowest BCUT2D eigenvalue weighted by molar-refractivity contribution is -0.140. The van der Waals surface area contributed by atoms with E-state index in [0.29, 0.717) is 24.4 Å². The zero-order valence-corrected chi connectivity index (χ0v) is 23.9. The van der Waals surface area contributed by atoms with Crippen LogP contribution >= 0.6 is 0 Å². The summed E-state index contributed by atoms with van der Waals surface area (Å²) >= 11 is 0. The quantitative estimate of drug-likeness (QED) is 0.421. The Bertz CT molecular complexity index is 1180. The first kappa shape index (κ1) is 30.2. The van der Waals surface area contributed by atoms with Crippen molar-refractivity contribution in [3.05, 3.63) is 59.2 Å². The maximum absolute atomic E-state index is 13.4. The molecule has 2 rings (SSSR count). The van der Waals surface area contributed by atoms with Crippen LogP contribution in [0.4, 0.5) is 5.69 Å². The monoisotopic (exact) mass is 531 g/mol. The Hall–Kier alpha value is -3.07. The van der Waals surface area contributed by atoms with Gasteiger partial charge in [0.05, 0.1) is 19.1 Å². The molecule has 1 atom stereocenters. The zero-order valence-electron chi connectivity index (χ0n) is 23.1. The van der Waals surface area contributed by atoms with Crippen LogP contribution in [-0.4, -0.2) is 57.6 Å². The predicted octanol–water partition coefficient (Wildman–Crippen LogP) is 4.05. The average Bonchev–Trinajstić information content (AvgIpc) is 2.84. The molecule has 204 valence electrons. The van der Waals surface area contributed by atoms with Crippen LogP contribution in [0.2, 0.25) is 0 Å². The molecule has 0 heterocycles. The van der Waals surface area contributed by atoms with Crippen LogP contribution in [0.1, 0.15) is 50.3 Å². The van der Waals surface area contributed by atoms with Crippen LogP contribution in [0, 0.1) is 19.8 Å². The number of benzene rings is 2. The van der Waals surface area contributed by atoms with E-state index < -0.39 is 16.1 Å². The number of amides is 2. The third-order valence-corrected chi connectivity index (χ3v) is 7.30. The van der Waals surface area contributed by atoms with Gasteiger partial charge in [-0.2, -0.15) is 0 Å². The number of sulfonamides is 1. The van der Waals surface area contributed by atoms with E-state index in [0.717, 1.165) is 16.7 Å². The van der Waals surface area contributed by atoms with Crippen LogP contribution in [-0.2, 0) is 26.2 Å². The molecule has 2 amide bonds. The second-order valence-corrected chi connectivity index (χ2v) is 11.8. The van der Waals surface area contributed by atoms with Gasteiger partial charge in [-0.05, 0) is 68.0 Å². The first-order valence-corrected chi connectivity index (χ1v) is 14.4. The first-order chi connectivity index (χ1) is 17.3. The highest BCUT2D eigenvalue weighted by molar-refractivity contribution is 7.92. The van der Waals surface area contributed by atoms with Crippen molar-refractivity contribution < 1.29 is 22.7 Å². The summed E-state index contributed by atoms with van der Waals surface area (Å²) in [7, 11) is -1.97. The standard InChI is InChI=1S/C28H41N3O5S/c1-20(2)18-29-28(33)23(5)30(19-24-10-8-11-25(17-24)36-6)27(32)12-9-15-31(37(7,34)35)26-16-21(3)13-14-22(26)4/h8,10-11,13-14,16-17,20,23H,9,12,15,18-19H2,1-7H3,(H,29,33). The molecule has 0 saturated heterocycles. The summed E-state index contributed by atoms with van der Waals surface area (Å²) in [4.78, 5) is 27.8. The lowest BCUT2D eigenvalue weighted by Crippen LogP contribution is -2.48. The molecule has 0 aromatic heterocycles. The van der Waals surface area contributed by atoms with Gasteiger partial charge in [0.1, 0.15) is 11.8 Å². The molecule has 8 nitrogen and oxygen atoms in total. The van der Waals surface area contributed by atoms with Crippen LogP contribution in [0.15, 0.2) is 42.5 Å². The number of hydrogen-bond donors (Lipinski definition) is 1. The number of ether oxygens (including phenoxy) is 1. The van der Waals surface area contributed by atoms with Crippen LogP contribution < -0.4 is 14.4 Å². The molecule has 9 heteroatoms. The number of hydrogen-bond acceptors (Lipinski definition) is 5. The van der Waals surface area contributed by atoms with Gasteiger partial charge in [-0.3, -0.25) is 13.9 Å². The van der Waals surface area contributed by atoms with Crippen molar-refractivity contribution >= 4 is 27.5 Å². The minimum atomic E-state index is -3.55. The maximum Gasteiger partial charge on any atom is 0.242 e.